The van der Waals surface area contributed by atoms with Gasteiger partial charge in [-0.05, 0) is 42.0 Å². The summed E-state index contributed by atoms with van der Waals surface area (Å²) in [6.45, 7) is -0.00111. The topological polar surface area (TPSA) is 108 Å². The number of benzene rings is 3. The SMILES string of the molecule is O=C(Cc1cccc(-n2nc(-c3ccccc3F)cc2NC(=O)Nc2cccc(Cl)c2Cl)c1)NCCO. The number of amides is 3. The quantitative estimate of drug-likeness (QED) is 0.243. The summed E-state index contributed by atoms with van der Waals surface area (Å²) in [6, 6.07) is 18.9. The van der Waals surface area contributed by atoms with Crippen molar-refractivity contribution in [3.05, 3.63) is 94.2 Å². The van der Waals surface area contributed by atoms with Crippen molar-refractivity contribution in [3.63, 3.8) is 0 Å². The van der Waals surface area contributed by atoms with Gasteiger partial charge in [-0.1, -0.05) is 53.5 Å². The molecule has 4 rings (SSSR count). The third kappa shape index (κ3) is 6.45. The highest BCUT2D eigenvalue weighted by Gasteiger charge is 2.17. The second-order valence-corrected chi connectivity index (χ2v) is 8.69. The molecule has 3 amide bonds. The van der Waals surface area contributed by atoms with Crippen molar-refractivity contribution < 1.29 is 19.1 Å². The molecule has 0 aliphatic rings. The number of rotatable bonds is 8. The molecule has 4 aromatic rings. The van der Waals surface area contributed by atoms with Crippen molar-refractivity contribution >= 4 is 46.6 Å². The Kier molecular flexibility index (Phi) is 8.39. The number of anilines is 2. The summed E-state index contributed by atoms with van der Waals surface area (Å²) in [5.74, 6) is -0.478. The Hall–Kier alpha value is -3.92. The van der Waals surface area contributed by atoms with Gasteiger partial charge >= 0.3 is 6.03 Å². The van der Waals surface area contributed by atoms with E-state index in [9.17, 15) is 14.0 Å². The van der Waals surface area contributed by atoms with Gasteiger partial charge in [0.2, 0.25) is 5.91 Å². The molecule has 0 aliphatic heterocycles. The van der Waals surface area contributed by atoms with Crippen molar-refractivity contribution in [2.75, 3.05) is 23.8 Å². The lowest BCUT2D eigenvalue weighted by atomic mass is 10.1. The normalized spacial score (nSPS) is 10.7. The molecule has 0 unspecified atom stereocenters. The van der Waals surface area contributed by atoms with E-state index in [1.807, 2.05) is 0 Å². The van der Waals surface area contributed by atoms with Crippen LogP contribution in [0.3, 0.4) is 0 Å². The second kappa shape index (κ2) is 11.9. The van der Waals surface area contributed by atoms with Gasteiger partial charge in [0.05, 0.1) is 40.1 Å². The zero-order valence-corrected chi connectivity index (χ0v) is 20.9. The zero-order chi connectivity index (χ0) is 26.4. The van der Waals surface area contributed by atoms with Crippen LogP contribution in [0.4, 0.5) is 20.7 Å². The van der Waals surface area contributed by atoms with E-state index in [0.29, 0.717) is 22.6 Å². The van der Waals surface area contributed by atoms with E-state index in [2.05, 4.69) is 21.0 Å². The van der Waals surface area contributed by atoms with E-state index in [-0.39, 0.29) is 46.9 Å². The monoisotopic (exact) mass is 541 g/mol. The number of nitrogens with one attached hydrogen (secondary N) is 3. The largest absolute Gasteiger partial charge is 0.395 e. The Bertz CT molecular complexity index is 1440. The molecule has 0 bridgehead atoms. The Morgan fingerprint density at radius 2 is 1.76 bits per heavy atom. The average Bonchev–Trinajstić information content (AvgIpc) is 3.29. The van der Waals surface area contributed by atoms with Crippen molar-refractivity contribution in [2.45, 2.75) is 6.42 Å². The highest BCUT2D eigenvalue weighted by atomic mass is 35.5. The summed E-state index contributed by atoms with van der Waals surface area (Å²) in [6.07, 6.45) is 0.0752. The molecule has 1 heterocycles. The molecule has 1 aromatic heterocycles. The predicted molar refractivity (Wildman–Crippen MR) is 142 cm³/mol. The molecule has 8 nitrogen and oxygen atoms in total. The van der Waals surface area contributed by atoms with Crippen molar-refractivity contribution in [3.8, 4) is 16.9 Å². The van der Waals surface area contributed by atoms with Crippen LogP contribution in [0.1, 0.15) is 5.56 Å². The summed E-state index contributed by atoms with van der Waals surface area (Å²) in [7, 11) is 0. The number of carbonyl (C=O) groups excluding carboxylic acids is 2. The second-order valence-electron chi connectivity index (χ2n) is 7.91. The molecule has 0 atom stereocenters. The standard InChI is InChI=1S/C26H22Cl2FN5O3/c27-19-8-4-10-21(25(19)28)31-26(37)32-23-15-22(18-7-1-2-9-20(18)29)33-34(23)17-6-3-5-16(13-17)14-24(36)30-11-12-35/h1-10,13,15,35H,11-12,14H2,(H,30,36)(H2,31,32,37). The van der Waals surface area contributed by atoms with Gasteiger partial charge in [-0.3, -0.25) is 10.1 Å². The maximum atomic E-state index is 14.5. The molecule has 0 spiro atoms. The maximum absolute atomic E-state index is 14.5. The van der Waals surface area contributed by atoms with Crippen LogP contribution in [0.2, 0.25) is 10.0 Å². The molecule has 0 radical (unpaired) electrons. The number of urea groups is 1. The summed E-state index contributed by atoms with van der Waals surface area (Å²) in [4.78, 5) is 25.0. The van der Waals surface area contributed by atoms with Crippen LogP contribution in [-0.4, -0.2) is 40.0 Å². The van der Waals surface area contributed by atoms with E-state index < -0.39 is 11.8 Å². The van der Waals surface area contributed by atoms with Crippen molar-refractivity contribution in [2.24, 2.45) is 0 Å². The fourth-order valence-electron chi connectivity index (χ4n) is 3.58. The van der Waals surface area contributed by atoms with Gasteiger partial charge in [-0.15, -0.1) is 0 Å². The number of aromatic nitrogens is 2. The van der Waals surface area contributed by atoms with Gasteiger partial charge < -0.3 is 15.7 Å². The van der Waals surface area contributed by atoms with Gasteiger partial charge in [0.25, 0.3) is 0 Å². The molecule has 0 saturated carbocycles. The van der Waals surface area contributed by atoms with Crippen LogP contribution in [0.5, 0.6) is 0 Å². The maximum Gasteiger partial charge on any atom is 0.324 e. The summed E-state index contributed by atoms with van der Waals surface area (Å²) in [5.41, 5.74) is 2.06. The fraction of sp³-hybridized carbons (Fsp3) is 0.115. The number of hydrogen-bond acceptors (Lipinski definition) is 4. The first-order valence-electron chi connectivity index (χ1n) is 11.2. The number of aliphatic hydroxyl groups is 1. The van der Waals surface area contributed by atoms with E-state index >= 15 is 0 Å². The third-order valence-electron chi connectivity index (χ3n) is 5.25. The lowest BCUT2D eigenvalue weighted by molar-refractivity contribution is -0.120. The zero-order valence-electron chi connectivity index (χ0n) is 19.3. The molecule has 37 heavy (non-hydrogen) atoms. The van der Waals surface area contributed by atoms with Crippen LogP contribution < -0.4 is 16.0 Å². The van der Waals surface area contributed by atoms with Gasteiger partial charge in [-0.25, -0.2) is 13.9 Å². The van der Waals surface area contributed by atoms with E-state index in [1.54, 1.807) is 60.7 Å². The van der Waals surface area contributed by atoms with Crippen LogP contribution in [0, 0.1) is 5.82 Å². The molecule has 4 N–H and O–H groups in total. The molecule has 190 valence electrons. The highest BCUT2D eigenvalue weighted by Crippen LogP contribution is 2.30. The minimum absolute atomic E-state index is 0.0752. The molecule has 3 aromatic carbocycles. The van der Waals surface area contributed by atoms with Gasteiger partial charge in [0, 0.05) is 18.2 Å². The summed E-state index contributed by atoms with van der Waals surface area (Å²) < 4.78 is 16.0. The number of nitrogens with zero attached hydrogens (tertiary/aromatic N) is 2. The van der Waals surface area contributed by atoms with Crippen LogP contribution in [-0.2, 0) is 11.2 Å². The number of carbonyl (C=O) groups is 2. The van der Waals surface area contributed by atoms with Crippen molar-refractivity contribution in [1.29, 1.82) is 0 Å². The van der Waals surface area contributed by atoms with E-state index in [1.165, 1.54) is 16.8 Å². The van der Waals surface area contributed by atoms with Crippen LogP contribution in [0.15, 0.2) is 72.8 Å². The molecular weight excluding hydrogens is 520 g/mol. The number of hydrogen-bond donors (Lipinski definition) is 4. The van der Waals surface area contributed by atoms with Crippen molar-refractivity contribution in [1.82, 2.24) is 15.1 Å². The fourth-order valence-corrected chi connectivity index (χ4v) is 3.93. The minimum Gasteiger partial charge on any atom is -0.395 e. The molecular formula is C26H22Cl2FN5O3. The lowest BCUT2D eigenvalue weighted by Crippen LogP contribution is -2.27. The van der Waals surface area contributed by atoms with Gasteiger partial charge in [0.1, 0.15) is 11.6 Å². The molecule has 0 fully saturated rings. The first-order chi connectivity index (χ1) is 17.9. The van der Waals surface area contributed by atoms with E-state index in [0.717, 1.165) is 0 Å². The molecule has 0 saturated heterocycles. The lowest BCUT2D eigenvalue weighted by Gasteiger charge is -2.12. The summed E-state index contributed by atoms with van der Waals surface area (Å²) in [5, 5.41) is 21.9. The highest BCUT2D eigenvalue weighted by molar-refractivity contribution is 6.44. The Morgan fingerprint density at radius 1 is 0.973 bits per heavy atom. The number of aliphatic hydroxyl groups excluding tert-OH is 1. The number of halogens is 3. The molecule has 11 heteroatoms. The molecule has 0 aliphatic carbocycles. The van der Waals surface area contributed by atoms with Gasteiger partial charge in [-0.2, -0.15) is 5.10 Å². The Labute approximate surface area is 222 Å². The average molecular weight is 542 g/mol. The smallest absolute Gasteiger partial charge is 0.324 e. The van der Waals surface area contributed by atoms with Gasteiger partial charge in [0.15, 0.2) is 0 Å². The van der Waals surface area contributed by atoms with Crippen LogP contribution in [0.25, 0.3) is 16.9 Å². The van der Waals surface area contributed by atoms with Crippen LogP contribution >= 0.6 is 23.2 Å². The predicted octanol–water partition coefficient (Wildman–Crippen LogP) is 5.28. The Morgan fingerprint density at radius 3 is 2.54 bits per heavy atom. The van der Waals surface area contributed by atoms with E-state index in [4.69, 9.17) is 28.3 Å². The summed E-state index contributed by atoms with van der Waals surface area (Å²) >= 11 is 12.2. The first-order valence-corrected chi connectivity index (χ1v) is 11.9. The minimum atomic E-state index is -0.620. The third-order valence-corrected chi connectivity index (χ3v) is 6.07. The Balaban J connectivity index is 1.67. The first kappa shape index (κ1) is 26.2.